The summed E-state index contributed by atoms with van der Waals surface area (Å²) in [5.74, 6) is 0.728. The van der Waals surface area contributed by atoms with Gasteiger partial charge in [-0.05, 0) is 6.07 Å². The Hall–Kier alpha value is -1.75. The normalized spacial score (nSPS) is 11.7. The smallest absolute Gasteiger partial charge is 0.406 e. The highest BCUT2D eigenvalue weighted by molar-refractivity contribution is 5.66. The minimum absolute atomic E-state index is 0.273. The van der Waals surface area contributed by atoms with Crippen molar-refractivity contribution >= 4 is 6.09 Å². The Morgan fingerprint density at radius 1 is 1.29 bits per heavy atom. The summed E-state index contributed by atoms with van der Waals surface area (Å²) in [6.45, 7) is 0.323. The number of ether oxygens (including phenoxy) is 3. The second kappa shape index (κ2) is 6.75. The van der Waals surface area contributed by atoms with Gasteiger partial charge in [0.1, 0.15) is 11.9 Å². The van der Waals surface area contributed by atoms with E-state index < -0.39 is 6.09 Å². The zero-order valence-corrected chi connectivity index (χ0v) is 10.2. The Morgan fingerprint density at radius 2 is 2.00 bits per heavy atom. The fourth-order valence-corrected chi connectivity index (χ4v) is 1.50. The highest BCUT2D eigenvalue weighted by atomic mass is 16.5. The molecule has 0 fully saturated rings. The topological polar surface area (TPSA) is 56.8 Å². The van der Waals surface area contributed by atoms with Gasteiger partial charge in [0.05, 0.1) is 20.8 Å². The van der Waals surface area contributed by atoms with Crippen molar-refractivity contribution in [3.8, 4) is 5.75 Å². The van der Waals surface area contributed by atoms with Gasteiger partial charge in [-0.2, -0.15) is 0 Å². The molecule has 0 aliphatic heterocycles. The lowest BCUT2D eigenvalue weighted by Gasteiger charge is -2.18. The Morgan fingerprint density at radius 3 is 2.59 bits per heavy atom. The van der Waals surface area contributed by atoms with Crippen LogP contribution in [0.15, 0.2) is 24.3 Å². The van der Waals surface area contributed by atoms with Gasteiger partial charge in [-0.3, -0.25) is 0 Å². The van der Waals surface area contributed by atoms with E-state index in [0.29, 0.717) is 6.54 Å². The summed E-state index contributed by atoms with van der Waals surface area (Å²) in [6, 6.07) is 7.51. The Balaban J connectivity index is 2.75. The monoisotopic (exact) mass is 239 g/mol. The lowest BCUT2D eigenvalue weighted by Crippen LogP contribution is -2.29. The first-order chi connectivity index (χ1) is 8.22. The quantitative estimate of drug-likeness (QED) is 0.850. The minimum atomic E-state index is -0.484. The molecule has 0 saturated heterocycles. The SMILES string of the molecule is COC(=O)NCC(OC)c1ccccc1OC. The molecule has 0 radical (unpaired) electrons. The Bertz CT molecular complexity index is 367. The largest absolute Gasteiger partial charge is 0.496 e. The van der Waals surface area contributed by atoms with Gasteiger partial charge in [0, 0.05) is 12.7 Å². The summed E-state index contributed by atoms with van der Waals surface area (Å²) < 4.78 is 15.1. The average molecular weight is 239 g/mol. The number of methoxy groups -OCH3 is 3. The third-order valence-corrected chi connectivity index (χ3v) is 2.39. The van der Waals surface area contributed by atoms with Gasteiger partial charge >= 0.3 is 6.09 Å². The van der Waals surface area contributed by atoms with Crippen molar-refractivity contribution in [2.75, 3.05) is 27.9 Å². The molecule has 5 heteroatoms. The number of rotatable bonds is 5. The van der Waals surface area contributed by atoms with Crippen LogP contribution in [0.1, 0.15) is 11.7 Å². The Kier molecular flexibility index (Phi) is 5.29. The van der Waals surface area contributed by atoms with E-state index in [0.717, 1.165) is 11.3 Å². The van der Waals surface area contributed by atoms with Crippen LogP contribution in [0.5, 0.6) is 5.75 Å². The van der Waals surface area contributed by atoms with Crippen LogP contribution in [0.25, 0.3) is 0 Å². The van der Waals surface area contributed by atoms with Crippen LogP contribution in [-0.4, -0.2) is 34.0 Å². The van der Waals surface area contributed by atoms with Crippen LogP contribution in [0.2, 0.25) is 0 Å². The van der Waals surface area contributed by atoms with Crippen molar-refractivity contribution in [1.29, 1.82) is 0 Å². The number of amides is 1. The molecule has 0 bridgehead atoms. The molecule has 1 rings (SSSR count). The van der Waals surface area contributed by atoms with E-state index in [2.05, 4.69) is 10.1 Å². The molecule has 1 aromatic carbocycles. The predicted molar refractivity (Wildman–Crippen MR) is 63.2 cm³/mol. The maximum absolute atomic E-state index is 11.0. The summed E-state index contributed by atoms with van der Waals surface area (Å²) >= 11 is 0. The van der Waals surface area contributed by atoms with E-state index in [-0.39, 0.29) is 6.10 Å². The first kappa shape index (κ1) is 13.3. The molecule has 17 heavy (non-hydrogen) atoms. The lowest BCUT2D eigenvalue weighted by molar-refractivity contribution is 0.0960. The van der Waals surface area contributed by atoms with Crippen molar-refractivity contribution in [3.63, 3.8) is 0 Å². The van der Waals surface area contributed by atoms with Crippen molar-refractivity contribution in [1.82, 2.24) is 5.32 Å². The summed E-state index contributed by atoms with van der Waals surface area (Å²) in [6.07, 6.45) is -0.757. The molecule has 1 aromatic rings. The molecule has 1 N–H and O–H groups in total. The number of carbonyl (C=O) groups excluding carboxylic acids is 1. The van der Waals surface area contributed by atoms with Crippen LogP contribution in [0.4, 0.5) is 4.79 Å². The van der Waals surface area contributed by atoms with Crippen LogP contribution in [0, 0.1) is 0 Å². The van der Waals surface area contributed by atoms with Crippen LogP contribution < -0.4 is 10.1 Å². The molecular weight excluding hydrogens is 222 g/mol. The van der Waals surface area contributed by atoms with Crippen LogP contribution in [0.3, 0.4) is 0 Å². The zero-order valence-electron chi connectivity index (χ0n) is 10.2. The fraction of sp³-hybridized carbons (Fsp3) is 0.417. The maximum atomic E-state index is 11.0. The molecular formula is C12H17NO4. The Labute approximate surface area is 101 Å². The second-order valence-electron chi connectivity index (χ2n) is 3.34. The van der Waals surface area contributed by atoms with E-state index in [9.17, 15) is 4.79 Å². The molecule has 94 valence electrons. The van der Waals surface area contributed by atoms with Gasteiger partial charge in [-0.25, -0.2) is 4.79 Å². The molecule has 0 saturated carbocycles. The lowest BCUT2D eigenvalue weighted by atomic mass is 10.1. The van der Waals surface area contributed by atoms with E-state index in [1.54, 1.807) is 14.2 Å². The highest BCUT2D eigenvalue weighted by Crippen LogP contribution is 2.26. The van der Waals surface area contributed by atoms with Crippen LogP contribution in [-0.2, 0) is 9.47 Å². The van der Waals surface area contributed by atoms with Crippen molar-refractivity contribution < 1.29 is 19.0 Å². The van der Waals surface area contributed by atoms with Gasteiger partial charge < -0.3 is 19.5 Å². The molecule has 1 atom stereocenters. The highest BCUT2D eigenvalue weighted by Gasteiger charge is 2.16. The maximum Gasteiger partial charge on any atom is 0.406 e. The number of benzene rings is 1. The zero-order chi connectivity index (χ0) is 12.7. The standard InChI is InChI=1S/C12H17NO4/c1-15-10-7-5-4-6-9(10)11(16-2)8-13-12(14)17-3/h4-7,11H,8H2,1-3H3,(H,13,14). The van der Waals surface area contributed by atoms with Crippen molar-refractivity contribution in [3.05, 3.63) is 29.8 Å². The van der Waals surface area contributed by atoms with Gasteiger partial charge in [-0.15, -0.1) is 0 Å². The van der Waals surface area contributed by atoms with E-state index in [1.807, 2.05) is 24.3 Å². The average Bonchev–Trinajstić information content (AvgIpc) is 2.39. The number of alkyl carbamates (subject to hydrolysis) is 1. The van der Waals surface area contributed by atoms with Gasteiger partial charge in [0.25, 0.3) is 0 Å². The molecule has 1 unspecified atom stereocenters. The molecule has 0 heterocycles. The first-order valence-corrected chi connectivity index (χ1v) is 5.20. The van der Waals surface area contributed by atoms with E-state index in [1.165, 1.54) is 7.11 Å². The predicted octanol–water partition coefficient (Wildman–Crippen LogP) is 1.74. The number of hydrogen-bond donors (Lipinski definition) is 1. The summed E-state index contributed by atoms with van der Waals surface area (Å²) in [7, 11) is 4.50. The van der Waals surface area contributed by atoms with Crippen molar-refractivity contribution in [2.45, 2.75) is 6.10 Å². The van der Waals surface area contributed by atoms with Crippen molar-refractivity contribution in [2.24, 2.45) is 0 Å². The van der Waals surface area contributed by atoms with Gasteiger partial charge in [-0.1, -0.05) is 18.2 Å². The second-order valence-corrected chi connectivity index (χ2v) is 3.34. The van der Waals surface area contributed by atoms with Gasteiger partial charge in [0.15, 0.2) is 0 Å². The third kappa shape index (κ3) is 3.64. The number of carbonyl (C=O) groups is 1. The van der Waals surface area contributed by atoms with E-state index in [4.69, 9.17) is 9.47 Å². The minimum Gasteiger partial charge on any atom is -0.496 e. The summed E-state index contributed by atoms with van der Waals surface area (Å²) in [5, 5.41) is 2.59. The number of nitrogens with one attached hydrogen (secondary N) is 1. The third-order valence-electron chi connectivity index (χ3n) is 2.39. The fourth-order valence-electron chi connectivity index (χ4n) is 1.50. The molecule has 1 amide bonds. The molecule has 0 aromatic heterocycles. The molecule has 0 spiro atoms. The first-order valence-electron chi connectivity index (χ1n) is 5.20. The van der Waals surface area contributed by atoms with Gasteiger partial charge in [0.2, 0.25) is 0 Å². The molecule has 0 aliphatic carbocycles. The molecule has 5 nitrogen and oxygen atoms in total. The molecule has 0 aliphatic rings. The number of hydrogen-bond acceptors (Lipinski definition) is 4. The number of para-hydroxylation sites is 1. The van der Waals surface area contributed by atoms with E-state index >= 15 is 0 Å². The summed E-state index contributed by atoms with van der Waals surface area (Å²) in [4.78, 5) is 11.0. The summed E-state index contributed by atoms with van der Waals surface area (Å²) in [5.41, 5.74) is 0.883. The van der Waals surface area contributed by atoms with Crippen LogP contribution >= 0.6 is 0 Å².